The highest BCUT2D eigenvalue weighted by molar-refractivity contribution is 5.92. The van der Waals surface area contributed by atoms with Gasteiger partial charge in [0.1, 0.15) is 5.75 Å². The minimum atomic E-state index is -0.200. The van der Waals surface area contributed by atoms with E-state index in [2.05, 4.69) is 10.4 Å². The molecular formula is C17H15N3O2. The van der Waals surface area contributed by atoms with E-state index < -0.39 is 0 Å². The summed E-state index contributed by atoms with van der Waals surface area (Å²) in [7, 11) is 0. The third-order valence-electron chi connectivity index (χ3n) is 3.23. The summed E-state index contributed by atoms with van der Waals surface area (Å²) in [6.45, 7) is 0. The molecule has 22 heavy (non-hydrogen) atoms. The number of rotatable bonds is 4. The third kappa shape index (κ3) is 3.15. The van der Waals surface area contributed by atoms with Crippen LogP contribution in [0.15, 0.2) is 67.0 Å². The zero-order chi connectivity index (χ0) is 15.4. The number of hydrogen-bond donors (Lipinski definition) is 2. The number of phenols is 1. The monoisotopic (exact) mass is 293 g/mol. The molecule has 1 amide bonds. The first-order valence-electron chi connectivity index (χ1n) is 6.89. The molecule has 2 aromatic carbocycles. The van der Waals surface area contributed by atoms with Gasteiger partial charge in [-0.15, -0.1) is 0 Å². The minimum Gasteiger partial charge on any atom is -0.508 e. The van der Waals surface area contributed by atoms with Crippen molar-refractivity contribution in [2.24, 2.45) is 0 Å². The van der Waals surface area contributed by atoms with Crippen molar-refractivity contribution in [1.29, 1.82) is 0 Å². The molecular weight excluding hydrogens is 278 g/mol. The Morgan fingerprint density at radius 1 is 1.09 bits per heavy atom. The summed E-state index contributed by atoms with van der Waals surface area (Å²) in [5.74, 6) is -0.0771. The molecule has 0 aliphatic carbocycles. The number of amides is 1. The molecule has 0 saturated carbocycles. The maximum atomic E-state index is 12.0. The van der Waals surface area contributed by atoms with Crippen molar-refractivity contribution in [2.45, 2.75) is 6.42 Å². The Bertz CT molecular complexity index is 781. The second-order valence-corrected chi connectivity index (χ2v) is 4.86. The smallest absolute Gasteiger partial charge is 0.229 e. The summed E-state index contributed by atoms with van der Waals surface area (Å²) in [5.41, 5.74) is 2.13. The van der Waals surface area contributed by atoms with E-state index in [1.807, 2.05) is 30.3 Å². The van der Waals surface area contributed by atoms with E-state index in [0.29, 0.717) is 11.3 Å². The van der Waals surface area contributed by atoms with Crippen molar-refractivity contribution in [2.75, 3.05) is 5.32 Å². The van der Waals surface area contributed by atoms with Crippen LogP contribution in [-0.2, 0) is 11.2 Å². The van der Waals surface area contributed by atoms with Crippen molar-refractivity contribution in [3.8, 4) is 11.4 Å². The zero-order valence-corrected chi connectivity index (χ0v) is 11.8. The molecule has 1 aromatic heterocycles. The predicted octanol–water partition coefficient (Wildman–Crippen LogP) is 2.76. The van der Waals surface area contributed by atoms with Gasteiger partial charge in [0.15, 0.2) is 0 Å². The quantitative estimate of drug-likeness (QED) is 0.777. The molecule has 0 saturated heterocycles. The number of hydrogen-bond acceptors (Lipinski definition) is 3. The molecule has 2 N–H and O–H groups in total. The SMILES string of the molecule is O=C(Cc1ccccc1O)Nc1cnn(-c2ccccc2)c1. The zero-order valence-electron chi connectivity index (χ0n) is 11.8. The number of aromatic hydroxyl groups is 1. The summed E-state index contributed by atoms with van der Waals surface area (Å²) in [6.07, 6.45) is 3.46. The summed E-state index contributed by atoms with van der Waals surface area (Å²) >= 11 is 0. The fraction of sp³-hybridized carbons (Fsp3) is 0.0588. The van der Waals surface area contributed by atoms with Gasteiger partial charge in [-0.2, -0.15) is 5.10 Å². The van der Waals surface area contributed by atoms with E-state index >= 15 is 0 Å². The predicted molar refractivity (Wildman–Crippen MR) is 84.0 cm³/mol. The summed E-state index contributed by atoms with van der Waals surface area (Å²) in [5, 5.41) is 16.7. The molecule has 5 nitrogen and oxygen atoms in total. The highest BCUT2D eigenvalue weighted by Crippen LogP contribution is 2.17. The number of aromatic nitrogens is 2. The average Bonchev–Trinajstić information content (AvgIpc) is 2.99. The van der Waals surface area contributed by atoms with Gasteiger partial charge < -0.3 is 10.4 Å². The standard InChI is InChI=1S/C17H15N3O2/c21-16-9-5-4-6-13(16)10-17(22)19-14-11-18-20(12-14)15-7-2-1-3-8-15/h1-9,11-12,21H,10H2,(H,19,22). The van der Waals surface area contributed by atoms with Crippen LogP contribution in [0.4, 0.5) is 5.69 Å². The van der Waals surface area contributed by atoms with Gasteiger partial charge in [0.05, 0.1) is 30.2 Å². The molecule has 3 aromatic rings. The normalized spacial score (nSPS) is 10.4. The Balaban J connectivity index is 1.68. The Morgan fingerprint density at radius 2 is 1.82 bits per heavy atom. The number of anilines is 1. The maximum Gasteiger partial charge on any atom is 0.229 e. The molecule has 0 bridgehead atoms. The highest BCUT2D eigenvalue weighted by atomic mass is 16.3. The lowest BCUT2D eigenvalue weighted by Gasteiger charge is -2.04. The largest absolute Gasteiger partial charge is 0.508 e. The van der Waals surface area contributed by atoms with Gasteiger partial charge in [-0.25, -0.2) is 4.68 Å². The molecule has 110 valence electrons. The van der Waals surface area contributed by atoms with E-state index in [0.717, 1.165) is 5.69 Å². The maximum absolute atomic E-state index is 12.0. The van der Waals surface area contributed by atoms with Gasteiger partial charge in [0.25, 0.3) is 0 Å². The second kappa shape index (κ2) is 6.13. The molecule has 0 unspecified atom stereocenters. The van der Waals surface area contributed by atoms with Crippen LogP contribution in [0.3, 0.4) is 0 Å². The van der Waals surface area contributed by atoms with Gasteiger partial charge in [0, 0.05) is 5.56 Å². The molecule has 5 heteroatoms. The van der Waals surface area contributed by atoms with Crippen LogP contribution >= 0.6 is 0 Å². The minimum absolute atomic E-state index is 0.114. The molecule has 0 aliphatic heterocycles. The van der Waals surface area contributed by atoms with Crippen molar-refractivity contribution in [1.82, 2.24) is 9.78 Å². The number of benzene rings is 2. The number of para-hydroxylation sites is 2. The first-order chi connectivity index (χ1) is 10.7. The van der Waals surface area contributed by atoms with Crippen LogP contribution in [-0.4, -0.2) is 20.8 Å². The van der Waals surface area contributed by atoms with E-state index in [-0.39, 0.29) is 18.1 Å². The van der Waals surface area contributed by atoms with Gasteiger partial charge in [-0.05, 0) is 18.2 Å². The van der Waals surface area contributed by atoms with Crippen molar-refractivity contribution in [3.05, 3.63) is 72.6 Å². The van der Waals surface area contributed by atoms with Gasteiger partial charge in [0.2, 0.25) is 5.91 Å². The molecule has 0 radical (unpaired) electrons. The number of phenolic OH excluding ortho intramolecular Hbond substituents is 1. The van der Waals surface area contributed by atoms with Crippen molar-refractivity contribution >= 4 is 11.6 Å². The average molecular weight is 293 g/mol. The van der Waals surface area contributed by atoms with Crippen molar-refractivity contribution in [3.63, 3.8) is 0 Å². The van der Waals surface area contributed by atoms with Crippen LogP contribution in [0, 0.1) is 0 Å². The van der Waals surface area contributed by atoms with Crippen LogP contribution in [0.5, 0.6) is 5.75 Å². The van der Waals surface area contributed by atoms with E-state index in [9.17, 15) is 9.90 Å². The van der Waals surface area contributed by atoms with Gasteiger partial charge >= 0.3 is 0 Å². The molecule has 0 atom stereocenters. The Hall–Kier alpha value is -3.08. The van der Waals surface area contributed by atoms with E-state index in [4.69, 9.17) is 0 Å². The Morgan fingerprint density at radius 3 is 2.59 bits per heavy atom. The Kier molecular flexibility index (Phi) is 3.87. The first-order valence-corrected chi connectivity index (χ1v) is 6.89. The lowest BCUT2D eigenvalue weighted by Crippen LogP contribution is -2.14. The topological polar surface area (TPSA) is 67.2 Å². The van der Waals surface area contributed by atoms with Crippen LogP contribution in [0.1, 0.15) is 5.56 Å². The second-order valence-electron chi connectivity index (χ2n) is 4.86. The fourth-order valence-corrected chi connectivity index (χ4v) is 2.15. The van der Waals surface area contributed by atoms with Crippen LogP contribution in [0.25, 0.3) is 5.69 Å². The first kappa shape index (κ1) is 13.9. The van der Waals surface area contributed by atoms with Crippen molar-refractivity contribution < 1.29 is 9.90 Å². The van der Waals surface area contributed by atoms with Crippen LogP contribution in [0.2, 0.25) is 0 Å². The summed E-state index contributed by atoms with van der Waals surface area (Å²) in [6, 6.07) is 16.4. The molecule has 0 aliphatic rings. The lowest BCUT2D eigenvalue weighted by molar-refractivity contribution is -0.115. The number of nitrogens with one attached hydrogen (secondary N) is 1. The third-order valence-corrected chi connectivity index (χ3v) is 3.23. The molecule has 0 fully saturated rings. The Labute approximate surface area is 127 Å². The number of carbonyl (C=O) groups is 1. The number of carbonyl (C=O) groups excluding carboxylic acids is 1. The summed E-state index contributed by atoms with van der Waals surface area (Å²) < 4.78 is 1.69. The van der Waals surface area contributed by atoms with E-state index in [1.165, 1.54) is 0 Å². The molecule has 3 rings (SSSR count). The highest BCUT2D eigenvalue weighted by Gasteiger charge is 2.09. The fourth-order valence-electron chi connectivity index (χ4n) is 2.15. The summed E-state index contributed by atoms with van der Waals surface area (Å²) in [4.78, 5) is 12.0. The van der Waals surface area contributed by atoms with E-state index in [1.54, 1.807) is 41.3 Å². The van der Waals surface area contributed by atoms with Gasteiger partial charge in [-0.3, -0.25) is 4.79 Å². The van der Waals surface area contributed by atoms with Crippen LogP contribution < -0.4 is 5.32 Å². The lowest BCUT2D eigenvalue weighted by atomic mass is 10.1. The molecule has 0 spiro atoms. The number of nitrogens with zero attached hydrogens (tertiary/aromatic N) is 2. The molecule has 1 heterocycles. The van der Waals surface area contributed by atoms with Gasteiger partial charge in [-0.1, -0.05) is 36.4 Å².